The molecule has 1 N–H and O–H groups in total. The van der Waals surface area contributed by atoms with Crippen LogP contribution >= 0.6 is 0 Å². The lowest BCUT2D eigenvalue weighted by Gasteiger charge is -2.25. The molecule has 1 rings (SSSR count). The summed E-state index contributed by atoms with van der Waals surface area (Å²) in [6.45, 7) is 6.04. The number of ether oxygens (including phenoxy) is 3. The molecule has 0 aliphatic heterocycles. The minimum absolute atomic E-state index is 0.232. The molecule has 0 bridgehead atoms. The van der Waals surface area contributed by atoms with Crippen molar-refractivity contribution in [1.29, 1.82) is 0 Å². The fourth-order valence-electron chi connectivity index (χ4n) is 1.97. The van der Waals surface area contributed by atoms with E-state index < -0.39 is 12.1 Å². The van der Waals surface area contributed by atoms with Crippen molar-refractivity contribution < 1.29 is 24.1 Å². The number of aliphatic hydroxyl groups excluding tert-OH is 1. The summed E-state index contributed by atoms with van der Waals surface area (Å²) in [7, 11) is 4.26. The van der Waals surface area contributed by atoms with E-state index in [2.05, 4.69) is 4.74 Å². The maximum absolute atomic E-state index is 11.6. The summed E-state index contributed by atoms with van der Waals surface area (Å²) >= 11 is 0. The Bertz CT molecular complexity index is 488. The molecule has 1 aromatic carbocycles. The summed E-state index contributed by atoms with van der Waals surface area (Å²) in [5, 5.41) is 10.1. The van der Waals surface area contributed by atoms with E-state index in [0.29, 0.717) is 17.1 Å². The van der Waals surface area contributed by atoms with Gasteiger partial charge >= 0.3 is 5.97 Å². The average molecular weight is 282 g/mol. The summed E-state index contributed by atoms with van der Waals surface area (Å²) in [5.74, 6) is 0.279. The van der Waals surface area contributed by atoms with Gasteiger partial charge in [-0.25, -0.2) is 4.79 Å². The summed E-state index contributed by atoms with van der Waals surface area (Å²) in [6, 6.07) is 3.42. The molecule has 0 aliphatic rings. The standard InChI is InChI=1S/C15H22O5/c1-15(2,3)11-8-9(18-4)7-10(13(11)19-5)12(16)14(17)20-6/h7-8,12,16H,1-6H3. The Morgan fingerprint density at radius 3 is 2.15 bits per heavy atom. The highest BCUT2D eigenvalue weighted by atomic mass is 16.5. The maximum atomic E-state index is 11.6. The van der Waals surface area contributed by atoms with Crippen LogP contribution in [0, 0.1) is 0 Å². The molecular weight excluding hydrogens is 260 g/mol. The number of benzene rings is 1. The van der Waals surface area contributed by atoms with Crippen molar-refractivity contribution in [1.82, 2.24) is 0 Å². The summed E-state index contributed by atoms with van der Waals surface area (Å²) in [6.07, 6.45) is -1.41. The highest BCUT2D eigenvalue weighted by molar-refractivity contribution is 5.78. The van der Waals surface area contributed by atoms with Gasteiger partial charge in [0.25, 0.3) is 0 Å². The van der Waals surface area contributed by atoms with Crippen molar-refractivity contribution in [3.63, 3.8) is 0 Å². The van der Waals surface area contributed by atoms with E-state index in [1.165, 1.54) is 21.3 Å². The number of rotatable bonds is 4. The molecule has 5 heteroatoms. The van der Waals surface area contributed by atoms with E-state index in [-0.39, 0.29) is 5.41 Å². The number of aliphatic hydroxyl groups is 1. The van der Waals surface area contributed by atoms with Crippen LogP contribution in [0.3, 0.4) is 0 Å². The van der Waals surface area contributed by atoms with E-state index in [1.54, 1.807) is 6.07 Å². The smallest absolute Gasteiger partial charge is 0.339 e. The molecule has 0 saturated carbocycles. The van der Waals surface area contributed by atoms with Crippen molar-refractivity contribution in [2.45, 2.75) is 32.3 Å². The number of hydrogen-bond acceptors (Lipinski definition) is 5. The Hall–Kier alpha value is -1.75. The zero-order chi connectivity index (χ0) is 15.5. The fraction of sp³-hybridized carbons (Fsp3) is 0.533. The number of carbonyl (C=O) groups is 1. The molecule has 0 aromatic heterocycles. The third-order valence-corrected chi connectivity index (χ3v) is 3.06. The van der Waals surface area contributed by atoms with E-state index in [9.17, 15) is 9.90 Å². The van der Waals surface area contributed by atoms with Crippen molar-refractivity contribution in [2.24, 2.45) is 0 Å². The molecule has 0 fully saturated rings. The molecule has 0 heterocycles. The van der Waals surface area contributed by atoms with Crippen LogP contribution < -0.4 is 9.47 Å². The lowest BCUT2D eigenvalue weighted by molar-refractivity contribution is -0.150. The summed E-state index contributed by atoms with van der Waals surface area (Å²) in [5.41, 5.74) is 0.950. The number of hydrogen-bond donors (Lipinski definition) is 1. The SMILES string of the molecule is COC(=O)C(O)c1cc(OC)cc(C(C)(C)C)c1OC. The van der Waals surface area contributed by atoms with Crippen LogP contribution in [0.5, 0.6) is 11.5 Å². The quantitative estimate of drug-likeness (QED) is 0.858. The Kier molecular flexibility index (Phi) is 5.00. The molecule has 1 unspecified atom stereocenters. The number of carbonyl (C=O) groups excluding carboxylic acids is 1. The van der Waals surface area contributed by atoms with Crippen LogP contribution in [0.15, 0.2) is 12.1 Å². The second kappa shape index (κ2) is 6.13. The first-order chi connectivity index (χ1) is 9.26. The minimum Gasteiger partial charge on any atom is -0.497 e. The Balaban J connectivity index is 3.53. The highest BCUT2D eigenvalue weighted by Gasteiger charge is 2.29. The van der Waals surface area contributed by atoms with Crippen LogP contribution in [-0.4, -0.2) is 32.4 Å². The van der Waals surface area contributed by atoms with Gasteiger partial charge in [-0.1, -0.05) is 20.8 Å². The highest BCUT2D eigenvalue weighted by Crippen LogP contribution is 2.40. The van der Waals surface area contributed by atoms with Crippen molar-refractivity contribution >= 4 is 5.97 Å². The van der Waals surface area contributed by atoms with Gasteiger partial charge in [-0.2, -0.15) is 0 Å². The van der Waals surface area contributed by atoms with Crippen LogP contribution in [0.25, 0.3) is 0 Å². The molecule has 0 radical (unpaired) electrons. The molecule has 0 aliphatic carbocycles. The summed E-state index contributed by atoms with van der Waals surface area (Å²) < 4.78 is 15.2. The molecule has 1 atom stereocenters. The second-order valence-electron chi connectivity index (χ2n) is 5.47. The lowest BCUT2D eigenvalue weighted by atomic mass is 9.84. The topological polar surface area (TPSA) is 65.0 Å². The molecule has 20 heavy (non-hydrogen) atoms. The Morgan fingerprint density at radius 2 is 1.75 bits per heavy atom. The predicted molar refractivity (Wildman–Crippen MR) is 75.2 cm³/mol. The number of methoxy groups -OCH3 is 3. The predicted octanol–water partition coefficient (Wildman–Crippen LogP) is 2.21. The van der Waals surface area contributed by atoms with Crippen molar-refractivity contribution in [2.75, 3.05) is 21.3 Å². The fourth-order valence-corrected chi connectivity index (χ4v) is 1.97. The third kappa shape index (κ3) is 3.22. The molecule has 0 spiro atoms. The van der Waals surface area contributed by atoms with E-state index >= 15 is 0 Å². The maximum Gasteiger partial charge on any atom is 0.339 e. The van der Waals surface area contributed by atoms with Gasteiger partial charge in [-0.15, -0.1) is 0 Å². The first-order valence-electron chi connectivity index (χ1n) is 6.28. The van der Waals surface area contributed by atoms with E-state index in [0.717, 1.165) is 5.56 Å². The first-order valence-corrected chi connectivity index (χ1v) is 6.28. The molecule has 5 nitrogen and oxygen atoms in total. The average Bonchev–Trinajstić information content (AvgIpc) is 2.42. The van der Waals surface area contributed by atoms with Gasteiger partial charge in [0.2, 0.25) is 0 Å². The largest absolute Gasteiger partial charge is 0.497 e. The number of esters is 1. The minimum atomic E-state index is -1.41. The van der Waals surface area contributed by atoms with Gasteiger partial charge < -0.3 is 19.3 Å². The first kappa shape index (κ1) is 16.3. The van der Waals surface area contributed by atoms with Gasteiger partial charge in [0.1, 0.15) is 11.5 Å². The normalized spacial score (nSPS) is 12.8. The van der Waals surface area contributed by atoms with Crippen molar-refractivity contribution in [3.05, 3.63) is 23.3 Å². The van der Waals surface area contributed by atoms with Gasteiger partial charge in [0.15, 0.2) is 6.10 Å². The Morgan fingerprint density at radius 1 is 1.15 bits per heavy atom. The second-order valence-corrected chi connectivity index (χ2v) is 5.47. The van der Waals surface area contributed by atoms with Gasteiger partial charge in [0, 0.05) is 11.1 Å². The Labute approximate surface area is 119 Å². The van der Waals surface area contributed by atoms with E-state index in [1.807, 2.05) is 26.8 Å². The monoisotopic (exact) mass is 282 g/mol. The van der Waals surface area contributed by atoms with Gasteiger partial charge in [-0.3, -0.25) is 0 Å². The van der Waals surface area contributed by atoms with E-state index in [4.69, 9.17) is 9.47 Å². The molecule has 0 amide bonds. The lowest BCUT2D eigenvalue weighted by Crippen LogP contribution is -2.19. The van der Waals surface area contributed by atoms with Gasteiger partial charge in [-0.05, 0) is 17.5 Å². The molecular formula is C15H22O5. The molecule has 0 saturated heterocycles. The van der Waals surface area contributed by atoms with Crippen LogP contribution in [0.2, 0.25) is 0 Å². The van der Waals surface area contributed by atoms with Crippen molar-refractivity contribution in [3.8, 4) is 11.5 Å². The molecule has 1 aromatic rings. The molecule has 112 valence electrons. The zero-order valence-electron chi connectivity index (χ0n) is 12.8. The zero-order valence-corrected chi connectivity index (χ0v) is 12.8. The van der Waals surface area contributed by atoms with Crippen LogP contribution in [0.1, 0.15) is 38.0 Å². The third-order valence-electron chi connectivity index (χ3n) is 3.06. The summed E-state index contributed by atoms with van der Waals surface area (Å²) in [4.78, 5) is 11.6. The van der Waals surface area contributed by atoms with Crippen LogP contribution in [0.4, 0.5) is 0 Å². The van der Waals surface area contributed by atoms with Gasteiger partial charge in [0.05, 0.1) is 21.3 Å². The van der Waals surface area contributed by atoms with Crippen LogP contribution in [-0.2, 0) is 14.9 Å².